The molecule has 0 fully saturated rings. The van der Waals surface area contributed by atoms with Gasteiger partial charge in [0.1, 0.15) is 5.54 Å². The van der Waals surface area contributed by atoms with Crippen LogP contribution in [0.1, 0.15) is 37.5 Å². The van der Waals surface area contributed by atoms with E-state index in [1.165, 1.54) is 7.11 Å². The summed E-state index contributed by atoms with van der Waals surface area (Å²) >= 11 is 0. The first-order valence-corrected chi connectivity index (χ1v) is 6.72. The van der Waals surface area contributed by atoms with E-state index in [0.717, 1.165) is 23.2 Å². The zero-order valence-electron chi connectivity index (χ0n) is 12.8. The van der Waals surface area contributed by atoms with Gasteiger partial charge in [0.05, 0.1) is 7.11 Å². The van der Waals surface area contributed by atoms with Crippen LogP contribution >= 0.6 is 0 Å². The molecule has 0 aliphatic rings. The molecule has 106 valence electrons. The van der Waals surface area contributed by atoms with Gasteiger partial charge in [-0.3, -0.25) is 5.32 Å². The Balaban J connectivity index is 3.18. The highest BCUT2D eigenvalue weighted by atomic mass is 16.5. The molecule has 1 aromatic rings. The number of esters is 1. The van der Waals surface area contributed by atoms with Crippen molar-refractivity contribution >= 4 is 5.97 Å². The Morgan fingerprint density at radius 2 is 1.79 bits per heavy atom. The lowest BCUT2D eigenvalue weighted by molar-refractivity contribution is -0.148. The second-order valence-electron chi connectivity index (χ2n) is 5.77. The SMILES string of the molecule is COC(=O)C(C)(NCC(C)C)c1cc(C)cc(C)c1. The van der Waals surface area contributed by atoms with Gasteiger partial charge in [0.25, 0.3) is 0 Å². The number of methoxy groups -OCH3 is 1. The highest BCUT2D eigenvalue weighted by Crippen LogP contribution is 2.25. The van der Waals surface area contributed by atoms with E-state index in [9.17, 15) is 4.79 Å². The second kappa shape index (κ2) is 6.20. The number of carbonyl (C=O) groups is 1. The summed E-state index contributed by atoms with van der Waals surface area (Å²) in [6.45, 7) is 11.0. The van der Waals surface area contributed by atoms with Crippen molar-refractivity contribution in [3.63, 3.8) is 0 Å². The third-order valence-electron chi connectivity index (χ3n) is 3.26. The van der Waals surface area contributed by atoms with Crippen LogP contribution in [0.15, 0.2) is 18.2 Å². The molecule has 0 spiro atoms. The van der Waals surface area contributed by atoms with E-state index in [0.29, 0.717) is 5.92 Å². The summed E-state index contributed by atoms with van der Waals surface area (Å²) in [5, 5.41) is 3.34. The van der Waals surface area contributed by atoms with Gasteiger partial charge in [-0.25, -0.2) is 4.79 Å². The van der Waals surface area contributed by atoms with E-state index in [1.807, 2.05) is 32.9 Å². The predicted molar refractivity (Wildman–Crippen MR) is 78.1 cm³/mol. The molecule has 1 unspecified atom stereocenters. The maximum Gasteiger partial charge on any atom is 0.330 e. The Kier molecular flexibility index (Phi) is 5.12. The van der Waals surface area contributed by atoms with Crippen LogP contribution < -0.4 is 5.32 Å². The van der Waals surface area contributed by atoms with Gasteiger partial charge >= 0.3 is 5.97 Å². The zero-order valence-corrected chi connectivity index (χ0v) is 12.8. The van der Waals surface area contributed by atoms with E-state index in [4.69, 9.17) is 4.74 Å². The molecule has 3 heteroatoms. The minimum Gasteiger partial charge on any atom is -0.467 e. The molecule has 0 bridgehead atoms. The molecule has 0 saturated carbocycles. The average molecular weight is 263 g/mol. The molecule has 1 aromatic carbocycles. The van der Waals surface area contributed by atoms with Crippen LogP contribution in [-0.2, 0) is 15.1 Å². The van der Waals surface area contributed by atoms with Crippen LogP contribution in [0.25, 0.3) is 0 Å². The summed E-state index contributed by atoms with van der Waals surface area (Å²) < 4.78 is 4.98. The van der Waals surface area contributed by atoms with Crippen LogP contribution in [-0.4, -0.2) is 19.6 Å². The van der Waals surface area contributed by atoms with Crippen molar-refractivity contribution in [2.24, 2.45) is 5.92 Å². The van der Waals surface area contributed by atoms with E-state index in [1.54, 1.807) is 0 Å². The monoisotopic (exact) mass is 263 g/mol. The van der Waals surface area contributed by atoms with Gasteiger partial charge in [-0.05, 0) is 38.8 Å². The van der Waals surface area contributed by atoms with Gasteiger partial charge in [0, 0.05) is 0 Å². The van der Waals surface area contributed by atoms with Crippen molar-refractivity contribution in [1.29, 1.82) is 0 Å². The summed E-state index contributed by atoms with van der Waals surface area (Å²) in [6.07, 6.45) is 0. The molecular weight excluding hydrogens is 238 g/mol. The number of hydrogen-bond acceptors (Lipinski definition) is 3. The lowest BCUT2D eigenvalue weighted by atomic mass is 9.89. The Bertz CT molecular complexity index is 434. The van der Waals surface area contributed by atoms with E-state index < -0.39 is 5.54 Å². The Labute approximate surface area is 116 Å². The van der Waals surface area contributed by atoms with Crippen LogP contribution in [0.3, 0.4) is 0 Å². The van der Waals surface area contributed by atoms with E-state index >= 15 is 0 Å². The fourth-order valence-corrected chi connectivity index (χ4v) is 2.17. The molecule has 0 aliphatic heterocycles. The standard InChI is InChI=1S/C16H25NO2/c1-11(2)10-17-16(5,15(18)19-6)14-8-12(3)7-13(4)9-14/h7-9,11,17H,10H2,1-6H3. The maximum atomic E-state index is 12.2. The number of benzene rings is 1. The fraction of sp³-hybridized carbons (Fsp3) is 0.562. The smallest absolute Gasteiger partial charge is 0.330 e. The summed E-state index contributed by atoms with van der Waals surface area (Å²) in [5.41, 5.74) is 2.46. The third kappa shape index (κ3) is 3.80. The molecule has 1 N–H and O–H groups in total. The number of hydrogen-bond donors (Lipinski definition) is 1. The molecule has 0 radical (unpaired) electrons. The van der Waals surface area contributed by atoms with Gasteiger partial charge in [-0.2, -0.15) is 0 Å². The molecule has 0 aliphatic carbocycles. The minimum absolute atomic E-state index is 0.252. The number of nitrogens with one attached hydrogen (secondary N) is 1. The first-order chi connectivity index (χ1) is 8.79. The summed E-state index contributed by atoms with van der Waals surface area (Å²) in [4.78, 5) is 12.2. The van der Waals surface area contributed by atoms with Gasteiger partial charge in [0.2, 0.25) is 0 Å². The summed E-state index contributed by atoms with van der Waals surface area (Å²) in [5.74, 6) is 0.216. The molecule has 1 atom stereocenters. The van der Waals surface area contributed by atoms with Crippen LogP contribution in [0, 0.1) is 19.8 Å². The molecular formula is C16H25NO2. The second-order valence-corrected chi connectivity index (χ2v) is 5.77. The van der Waals surface area contributed by atoms with Crippen molar-refractivity contribution < 1.29 is 9.53 Å². The van der Waals surface area contributed by atoms with Crippen molar-refractivity contribution in [1.82, 2.24) is 5.32 Å². The Morgan fingerprint density at radius 3 is 2.21 bits per heavy atom. The van der Waals surface area contributed by atoms with Crippen molar-refractivity contribution in [3.05, 3.63) is 34.9 Å². The normalized spacial score (nSPS) is 14.3. The number of ether oxygens (including phenoxy) is 1. The molecule has 19 heavy (non-hydrogen) atoms. The molecule has 0 aromatic heterocycles. The van der Waals surface area contributed by atoms with Crippen LogP contribution in [0.5, 0.6) is 0 Å². The van der Waals surface area contributed by atoms with Crippen LogP contribution in [0.4, 0.5) is 0 Å². The van der Waals surface area contributed by atoms with E-state index in [2.05, 4.69) is 25.2 Å². The van der Waals surface area contributed by atoms with Crippen molar-refractivity contribution in [3.8, 4) is 0 Å². The van der Waals surface area contributed by atoms with E-state index in [-0.39, 0.29) is 5.97 Å². The molecule has 3 nitrogen and oxygen atoms in total. The fourth-order valence-electron chi connectivity index (χ4n) is 2.17. The van der Waals surface area contributed by atoms with Crippen LogP contribution in [0.2, 0.25) is 0 Å². The summed E-state index contributed by atoms with van der Waals surface area (Å²) in [7, 11) is 1.43. The first kappa shape index (κ1) is 15.7. The lowest BCUT2D eigenvalue weighted by Gasteiger charge is -2.30. The maximum absolute atomic E-state index is 12.2. The van der Waals surface area contributed by atoms with Gasteiger partial charge < -0.3 is 4.74 Å². The topological polar surface area (TPSA) is 38.3 Å². The van der Waals surface area contributed by atoms with Gasteiger partial charge in [-0.15, -0.1) is 0 Å². The minimum atomic E-state index is -0.796. The Morgan fingerprint density at radius 1 is 1.26 bits per heavy atom. The predicted octanol–water partition coefficient (Wildman–Crippen LogP) is 2.94. The highest BCUT2D eigenvalue weighted by Gasteiger charge is 2.36. The number of aryl methyl sites for hydroxylation is 2. The highest BCUT2D eigenvalue weighted by molar-refractivity contribution is 5.82. The largest absolute Gasteiger partial charge is 0.467 e. The summed E-state index contributed by atoms with van der Waals surface area (Å²) in [6, 6.07) is 6.18. The quantitative estimate of drug-likeness (QED) is 0.830. The molecule has 0 amide bonds. The lowest BCUT2D eigenvalue weighted by Crippen LogP contribution is -2.48. The van der Waals surface area contributed by atoms with Crippen molar-refractivity contribution in [2.45, 2.75) is 40.2 Å². The van der Waals surface area contributed by atoms with Crippen molar-refractivity contribution in [2.75, 3.05) is 13.7 Å². The Hall–Kier alpha value is -1.35. The average Bonchev–Trinajstić information content (AvgIpc) is 2.33. The number of rotatable bonds is 5. The van der Waals surface area contributed by atoms with Gasteiger partial charge in [0.15, 0.2) is 0 Å². The first-order valence-electron chi connectivity index (χ1n) is 6.72. The molecule has 0 saturated heterocycles. The zero-order chi connectivity index (χ0) is 14.6. The number of carbonyl (C=O) groups excluding carboxylic acids is 1. The molecule has 0 heterocycles. The van der Waals surface area contributed by atoms with Gasteiger partial charge in [-0.1, -0.05) is 43.2 Å². The molecule has 1 rings (SSSR count). The third-order valence-corrected chi connectivity index (χ3v) is 3.26.